The van der Waals surface area contributed by atoms with Crippen LogP contribution >= 0.6 is 0 Å². The molecule has 0 aromatic heterocycles. The Labute approximate surface area is 82.0 Å². The maximum Gasteiger partial charge on any atom is 0.0616 e. The molecule has 1 fully saturated rings. The third-order valence-corrected chi connectivity index (χ3v) is 2.79. The van der Waals surface area contributed by atoms with E-state index >= 15 is 0 Å². The molecule has 0 aliphatic heterocycles. The molecular formula is C11H23NO. The summed E-state index contributed by atoms with van der Waals surface area (Å²) in [6, 6.07) is 1.25. The van der Waals surface area contributed by atoms with E-state index in [1.54, 1.807) is 0 Å². The quantitative estimate of drug-likeness (QED) is 0.709. The van der Waals surface area contributed by atoms with Crippen molar-refractivity contribution >= 4 is 0 Å². The van der Waals surface area contributed by atoms with E-state index < -0.39 is 0 Å². The first-order valence-corrected chi connectivity index (χ1v) is 5.56. The molecule has 0 heterocycles. The topological polar surface area (TPSA) is 21.3 Å². The van der Waals surface area contributed by atoms with E-state index in [0.717, 1.165) is 25.2 Å². The van der Waals surface area contributed by atoms with Gasteiger partial charge in [-0.25, -0.2) is 0 Å². The second-order valence-electron chi connectivity index (χ2n) is 4.34. The Morgan fingerprint density at radius 1 is 1.46 bits per heavy atom. The first-order chi connectivity index (χ1) is 6.22. The van der Waals surface area contributed by atoms with E-state index in [9.17, 15) is 0 Å². The van der Waals surface area contributed by atoms with Gasteiger partial charge in [-0.1, -0.05) is 6.92 Å². The zero-order valence-corrected chi connectivity index (χ0v) is 9.18. The fourth-order valence-electron chi connectivity index (χ4n) is 2.10. The van der Waals surface area contributed by atoms with Crippen LogP contribution in [0.2, 0.25) is 0 Å². The second-order valence-corrected chi connectivity index (χ2v) is 4.34. The van der Waals surface area contributed by atoms with Crippen LogP contribution in [0.1, 0.15) is 40.0 Å². The molecule has 0 radical (unpaired) electrons. The number of ether oxygens (including phenoxy) is 1. The van der Waals surface area contributed by atoms with Gasteiger partial charge in [0.25, 0.3) is 0 Å². The number of hydrogen-bond donors (Lipinski definition) is 1. The van der Waals surface area contributed by atoms with E-state index in [2.05, 4.69) is 19.2 Å². The van der Waals surface area contributed by atoms with Crippen molar-refractivity contribution in [1.82, 2.24) is 5.32 Å². The smallest absolute Gasteiger partial charge is 0.0616 e. The number of nitrogens with one attached hydrogen (secondary N) is 1. The summed E-state index contributed by atoms with van der Waals surface area (Å²) < 4.78 is 5.37. The zero-order valence-electron chi connectivity index (χ0n) is 9.18. The van der Waals surface area contributed by atoms with Gasteiger partial charge in [-0.15, -0.1) is 0 Å². The van der Waals surface area contributed by atoms with Gasteiger partial charge in [0.05, 0.1) is 6.61 Å². The number of hydrogen-bond acceptors (Lipinski definition) is 2. The Kier molecular flexibility index (Phi) is 4.74. The van der Waals surface area contributed by atoms with Crippen LogP contribution in [-0.2, 0) is 4.74 Å². The summed E-state index contributed by atoms with van der Waals surface area (Å²) in [6.45, 7) is 8.27. The Hall–Kier alpha value is -0.0800. The average molecular weight is 185 g/mol. The second kappa shape index (κ2) is 5.61. The summed E-state index contributed by atoms with van der Waals surface area (Å²) in [5.41, 5.74) is 0. The van der Waals surface area contributed by atoms with Gasteiger partial charge in [0.15, 0.2) is 0 Å². The number of rotatable bonds is 5. The minimum Gasteiger partial charge on any atom is -0.380 e. The molecule has 1 rings (SSSR count). The van der Waals surface area contributed by atoms with Crippen LogP contribution < -0.4 is 5.32 Å². The minimum atomic E-state index is 0.509. The predicted octanol–water partition coefficient (Wildman–Crippen LogP) is 2.19. The first kappa shape index (κ1) is 11.0. The first-order valence-electron chi connectivity index (χ1n) is 5.56. The van der Waals surface area contributed by atoms with Crippen LogP contribution in [0.15, 0.2) is 0 Å². The molecular weight excluding hydrogens is 162 g/mol. The lowest BCUT2D eigenvalue weighted by Crippen LogP contribution is -2.37. The van der Waals surface area contributed by atoms with Crippen molar-refractivity contribution in [2.24, 2.45) is 5.92 Å². The molecule has 13 heavy (non-hydrogen) atoms. The summed E-state index contributed by atoms with van der Waals surface area (Å²) in [6.07, 6.45) is 4.08. The highest BCUT2D eigenvalue weighted by Crippen LogP contribution is 2.24. The molecule has 0 saturated heterocycles. The van der Waals surface area contributed by atoms with Gasteiger partial charge >= 0.3 is 0 Å². The normalized spacial score (nSPS) is 30.7. The van der Waals surface area contributed by atoms with Gasteiger partial charge in [-0.05, 0) is 39.0 Å². The molecule has 1 saturated carbocycles. The molecule has 2 heteroatoms. The van der Waals surface area contributed by atoms with Crippen LogP contribution in [0.25, 0.3) is 0 Å². The van der Waals surface area contributed by atoms with Gasteiger partial charge in [0.1, 0.15) is 0 Å². The van der Waals surface area contributed by atoms with E-state index in [4.69, 9.17) is 4.74 Å². The summed E-state index contributed by atoms with van der Waals surface area (Å²) >= 11 is 0. The molecule has 0 spiro atoms. The largest absolute Gasteiger partial charge is 0.380 e. The van der Waals surface area contributed by atoms with Crippen molar-refractivity contribution in [2.75, 3.05) is 13.2 Å². The highest BCUT2D eigenvalue weighted by Gasteiger charge is 2.21. The van der Waals surface area contributed by atoms with E-state index in [-0.39, 0.29) is 0 Å². The van der Waals surface area contributed by atoms with Crippen molar-refractivity contribution in [3.63, 3.8) is 0 Å². The lowest BCUT2D eigenvalue weighted by molar-refractivity contribution is 0.123. The minimum absolute atomic E-state index is 0.509. The van der Waals surface area contributed by atoms with Crippen molar-refractivity contribution < 1.29 is 4.74 Å². The van der Waals surface area contributed by atoms with Gasteiger partial charge in [0.2, 0.25) is 0 Å². The molecule has 0 amide bonds. The van der Waals surface area contributed by atoms with Crippen molar-refractivity contribution in [2.45, 2.75) is 52.1 Å². The summed E-state index contributed by atoms with van der Waals surface area (Å²) in [4.78, 5) is 0. The average Bonchev–Trinajstić information content (AvgIpc) is 2.48. The van der Waals surface area contributed by atoms with Crippen LogP contribution in [0, 0.1) is 5.92 Å². The third-order valence-electron chi connectivity index (χ3n) is 2.79. The maximum atomic E-state index is 5.37. The molecule has 3 unspecified atom stereocenters. The maximum absolute atomic E-state index is 5.37. The van der Waals surface area contributed by atoms with Crippen LogP contribution in [0.5, 0.6) is 0 Å². The van der Waals surface area contributed by atoms with E-state index in [0.29, 0.717) is 6.04 Å². The zero-order chi connectivity index (χ0) is 9.68. The highest BCUT2D eigenvalue weighted by molar-refractivity contribution is 4.80. The fourth-order valence-corrected chi connectivity index (χ4v) is 2.10. The Bertz CT molecular complexity index is 138. The highest BCUT2D eigenvalue weighted by atomic mass is 16.5. The Morgan fingerprint density at radius 2 is 2.23 bits per heavy atom. The Morgan fingerprint density at radius 3 is 2.77 bits per heavy atom. The van der Waals surface area contributed by atoms with E-state index in [1.165, 1.54) is 19.3 Å². The molecule has 2 nitrogen and oxygen atoms in total. The van der Waals surface area contributed by atoms with Crippen molar-refractivity contribution in [3.8, 4) is 0 Å². The summed E-state index contributed by atoms with van der Waals surface area (Å²) in [5.74, 6) is 0.914. The molecule has 78 valence electrons. The summed E-state index contributed by atoms with van der Waals surface area (Å²) in [7, 11) is 0. The van der Waals surface area contributed by atoms with Gasteiger partial charge < -0.3 is 10.1 Å². The molecule has 0 bridgehead atoms. The van der Waals surface area contributed by atoms with E-state index in [1.807, 2.05) is 6.92 Å². The third kappa shape index (κ3) is 4.10. The lowest BCUT2D eigenvalue weighted by Gasteiger charge is -2.19. The van der Waals surface area contributed by atoms with Gasteiger partial charge in [-0.3, -0.25) is 0 Å². The fraction of sp³-hybridized carbons (Fsp3) is 1.00. The van der Waals surface area contributed by atoms with Gasteiger partial charge in [0, 0.05) is 18.7 Å². The van der Waals surface area contributed by atoms with Crippen LogP contribution in [0.4, 0.5) is 0 Å². The molecule has 3 atom stereocenters. The summed E-state index contributed by atoms with van der Waals surface area (Å²) in [5, 5.41) is 3.62. The Balaban J connectivity index is 2.09. The molecule has 0 aromatic carbocycles. The molecule has 1 aliphatic carbocycles. The molecule has 1 aliphatic rings. The monoisotopic (exact) mass is 185 g/mol. The predicted molar refractivity (Wildman–Crippen MR) is 55.9 cm³/mol. The molecule has 0 aromatic rings. The van der Waals surface area contributed by atoms with Crippen LogP contribution in [0.3, 0.4) is 0 Å². The van der Waals surface area contributed by atoms with Crippen molar-refractivity contribution in [1.29, 1.82) is 0 Å². The van der Waals surface area contributed by atoms with Gasteiger partial charge in [-0.2, -0.15) is 0 Å². The molecule has 1 N–H and O–H groups in total. The SMILES string of the molecule is CCOCC(C)NC1CCC(C)C1. The lowest BCUT2D eigenvalue weighted by atomic mass is 10.1. The standard InChI is InChI=1S/C11H23NO/c1-4-13-8-10(3)12-11-6-5-9(2)7-11/h9-12H,4-8H2,1-3H3. The van der Waals surface area contributed by atoms with Crippen LogP contribution in [-0.4, -0.2) is 25.3 Å². The van der Waals surface area contributed by atoms with Crippen molar-refractivity contribution in [3.05, 3.63) is 0 Å².